The van der Waals surface area contributed by atoms with E-state index in [1.165, 1.54) is 12.1 Å². The fourth-order valence-electron chi connectivity index (χ4n) is 2.72. The lowest BCUT2D eigenvalue weighted by Crippen LogP contribution is -2.40. The molecule has 0 spiro atoms. The van der Waals surface area contributed by atoms with Crippen molar-refractivity contribution in [3.8, 4) is 5.75 Å². The molecule has 146 valence electrons. The minimum atomic E-state index is -0.881. The Kier molecular flexibility index (Phi) is 6.21. The van der Waals surface area contributed by atoms with Crippen LogP contribution in [0, 0.1) is 5.82 Å². The topological polar surface area (TPSA) is 56.1 Å². The van der Waals surface area contributed by atoms with Gasteiger partial charge in [0.05, 0.1) is 5.02 Å². The Hall–Kier alpha value is -2.57. The van der Waals surface area contributed by atoms with Gasteiger partial charge in [-0.3, -0.25) is 4.79 Å². The predicted octanol–water partition coefficient (Wildman–Crippen LogP) is 4.54. The second-order valence-corrected chi connectivity index (χ2v) is 7.04. The number of carbonyl (C=O) groups excluding carboxylic acids is 1. The number of nitrogens with one attached hydrogen (secondary N) is 1. The van der Waals surface area contributed by atoms with Crippen molar-refractivity contribution >= 4 is 29.1 Å². The fourth-order valence-corrected chi connectivity index (χ4v) is 3.17. The maximum atomic E-state index is 14.4. The molecule has 0 aliphatic carbocycles. The molecule has 3 aromatic rings. The summed E-state index contributed by atoms with van der Waals surface area (Å²) in [5.41, 5.74) is 0.307. The van der Waals surface area contributed by atoms with E-state index in [0.717, 1.165) is 0 Å². The van der Waals surface area contributed by atoms with E-state index in [0.29, 0.717) is 27.2 Å². The van der Waals surface area contributed by atoms with E-state index in [4.69, 9.17) is 27.9 Å². The summed E-state index contributed by atoms with van der Waals surface area (Å²) in [4.78, 5) is 17.0. The van der Waals surface area contributed by atoms with Crippen LogP contribution >= 0.6 is 23.2 Å². The highest BCUT2D eigenvalue weighted by molar-refractivity contribution is 6.35. The zero-order valence-corrected chi connectivity index (χ0v) is 16.7. The molecule has 5 nitrogen and oxygen atoms in total. The summed E-state index contributed by atoms with van der Waals surface area (Å²) in [5, 5.41) is 3.57. The van der Waals surface area contributed by atoms with E-state index in [1.54, 1.807) is 61.3 Å². The van der Waals surface area contributed by atoms with E-state index in [9.17, 15) is 9.18 Å². The smallest absolute Gasteiger partial charge is 0.261 e. The number of hydrogen-bond acceptors (Lipinski definition) is 3. The third-order valence-electron chi connectivity index (χ3n) is 4.19. The number of imidazole rings is 1. The molecule has 0 bridgehead atoms. The molecule has 2 aromatic carbocycles. The lowest BCUT2D eigenvalue weighted by Gasteiger charge is -2.22. The Morgan fingerprint density at radius 1 is 1.25 bits per heavy atom. The largest absolute Gasteiger partial charge is 0.479 e. The highest BCUT2D eigenvalue weighted by Gasteiger charge is 2.26. The van der Waals surface area contributed by atoms with Gasteiger partial charge in [-0.2, -0.15) is 0 Å². The minimum Gasteiger partial charge on any atom is -0.479 e. The van der Waals surface area contributed by atoms with Crippen LogP contribution in [0.3, 0.4) is 0 Å². The van der Waals surface area contributed by atoms with Gasteiger partial charge >= 0.3 is 0 Å². The van der Waals surface area contributed by atoms with Gasteiger partial charge < -0.3 is 14.6 Å². The summed E-state index contributed by atoms with van der Waals surface area (Å²) in [6.45, 7) is 1.58. The fraction of sp³-hybridized carbons (Fsp3) is 0.200. The molecule has 3 rings (SSSR count). The van der Waals surface area contributed by atoms with Gasteiger partial charge in [0.2, 0.25) is 0 Å². The molecule has 1 amide bonds. The molecule has 1 heterocycles. The minimum absolute atomic E-state index is 0.293. The number of benzene rings is 2. The van der Waals surface area contributed by atoms with Crippen molar-refractivity contribution in [2.24, 2.45) is 7.05 Å². The van der Waals surface area contributed by atoms with Crippen molar-refractivity contribution in [2.45, 2.75) is 19.1 Å². The van der Waals surface area contributed by atoms with Crippen LogP contribution in [0.25, 0.3) is 0 Å². The van der Waals surface area contributed by atoms with Gasteiger partial charge in [0.15, 0.2) is 6.10 Å². The van der Waals surface area contributed by atoms with E-state index in [2.05, 4.69) is 10.3 Å². The molecule has 0 saturated heterocycles. The molecule has 2 atom stereocenters. The number of halogens is 3. The first-order chi connectivity index (χ1) is 13.4. The summed E-state index contributed by atoms with van der Waals surface area (Å²) < 4.78 is 21.8. The molecule has 0 unspecified atom stereocenters. The average molecular weight is 422 g/mol. The van der Waals surface area contributed by atoms with Gasteiger partial charge in [-0.05, 0) is 31.2 Å². The van der Waals surface area contributed by atoms with Crippen molar-refractivity contribution in [3.63, 3.8) is 0 Å². The molecule has 0 aliphatic heterocycles. The SMILES string of the molecule is C[C@@H](Oc1ccc(Cl)cc1Cl)C(=O)N[C@@H](c1ccccc1F)c1nccn1C. The Labute approximate surface area is 172 Å². The van der Waals surface area contributed by atoms with Gasteiger partial charge in [0, 0.05) is 30.0 Å². The molecule has 0 aliphatic rings. The number of rotatable bonds is 6. The molecule has 1 aromatic heterocycles. The van der Waals surface area contributed by atoms with Crippen LogP contribution in [0.4, 0.5) is 4.39 Å². The number of carbonyl (C=O) groups is 1. The summed E-state index contributed by atoms with van der Waals surface area (Å²) in [6, 6.07) is 10.2. The van der Waals surface area contributed by atoms with Crippen molar-refractivity contribution in [2.75, 3.05) is 0 Å². The third-order valence-corrected chi connectivity index (χ3v) is 4.72. The van der Waals surface area contributed by atoms with Crippen LogP contribution in [0.5, 0.6) is 5.75 Å². The second kappa shape index (κ2) is 8.63. The van der Waals surface area contributed by atoms with E-state index in [1.807, 2.05) is 0 Å². The van der Waals surface area contributed by atoms with E-state index in [-0.39, 0.29) is 0 Å². The number of nitrogens with zero attached hydrogens (tertiary/aromatic N) is 2. The molecule has 0 saturated carbocycles. The quantitative estimate of drug-likeness (QED) is 0.635. The number of amides is 1. The normalized spacial score (nSPS) is 13.0. The van der Waals surface area contributed by atoms with Gasteiger partial charge in [-0.25, -0.2) is 9.37 Å². The van der Waals surface area contributed by atoms with Crippen molar-refractivity contribution in [3.05, 3.63) is 82.1 Å². The summed E-state index contributed by atoms with van der Waals surface area (Å²) in [7, 11) is 1.77. The third kappa shape index (κ3) is 4.46. The maximum absolute atomic E-state index is 14.4. The highest BCUT2D eigenvalue weighted by atomic mass is 35.5. The van der Waals surface area contributed by atoms with Crippen molar-refractivity contribution in [1.29, 1.82) is 0 Å². The monoisotopic (exact) mass is 421 g/mol. The van der Waals surface area contributed by atoms with Gasteiger partial charge in [0.1, 0.15) is 23.4 Å². The zero-order valence-electron chi connectivity index (χ0n) is 15.2. The molecule has 8 heteroatoms. The summed E-state index contributed by atoms with van der Waals surface area (Å²) in [6.07, 6.45) is 2.43. The first kappa shape index (κ1) is 20.2. The van der Waals surface area contributed by atoms with Crippen LogP contribution in [0.1, 0.15) is 24.4 Å². The van der Waals surface area contributed by atoms with Crippen LogP contribution < -0.4 is 10.1 Å². The number of ether oxygens (including phenoxy) is 1. The molecular formula is C20H18Cl2FN3O2. The number of hydrogen-bond donors (Lipinski definition) is 1. The average Bonchev–Trinajstić information content (AvgIpc) is 3.08. The van der Waals surface area contributed by atoms with Gasteiger partial charge in [-0.15, -0.1) is 0 Å². The van der Waals surface area contributed by atoms with Crippen LogP contribution in [-0.4, -0.2) is 21.6 Å². The van der Waals surface area contributed by atoms with E-state index >= 15 is 0 Å². The number of aryl methyl sites for hydroxylation is 1. The second-order valence-electron chi connectivity index (χ2n) is 6.19. The van der Waals surface area contributed by atoms with Crippen LogP contribution in [0.2, 0.25) is 10.0 Å². The Balaban J connectivity index is 1.83. The predicted molar refractivity (Wildman–Crippen MR) is 106 cm³/mol. The first-order valence-electron chi connectivity index (χ1n) is 8.50. The summed E-state index contributed by atoms with van der Waals surface area (Å²) in [5.74, 6) is -0.0595. The summed E-state index contributed by atoms with van der Waals surface area (Å²) >= 11 is 12.0. The highest BCUT2D eigenvalue weighted by Crippen LogP contribution is 2.29. The van der Waals surface area contributed by atoms with Crippen LogP contribution in [-0.2, 0) is 11.8 Å². The Morgan fingerprint density at radius 2 is 2.00 bits per heavy atom. The van der Waals surface area contributed by atoms with Gasteiger partial charge in [-0.1, -0.05) is 41.4 Å². The van der Waals surface area contributed by atoms with Gasteiger partial charge in [0.25, 0.3) is 5.91 Å². The number of aromatic nitrogens is 2. The molecule has 0 fully saturated rings. The lowest BCUT2D eigenvalue weighted by molar-refractivity contribution is -0.127. The van der Waals surface area contributed by atoms with Crippen LogP contribution in [0.15, 0.2) is 54.9 Å². The standard InChI is InChI=1S/C20H18Cl2FN3O2/c1-12(28-17-8-7-13(21)11-15(17)22)20(27)25-18(19-24-9-10-26(19)2)14-5-3-4-6-16(14)23/h3-12,18H,1-2H3,(H,25,27)/t12-,18+/m1/s1. The Morgan fingerprint density at radius 3 is 2.64 bits per heavy atom. The van der Waals surface area contributed by atoms with Crippen molar-refractivity contribution in [1.82, 2.24) is 14.9 Å². The molecular weight excluding hydrogens is 404 g/mol. The molecule has 1 N–H and O–H groups in total. The van der Waals surface area contributed by atoms with Crippen molar-refractivity contribution < 1.29 is 13.9 Å². The first-order valence-corrected chi connectivity index (χ1v) is 9.26. The molecule has 28 heavy (non-hydrogen) atoms. The molecule has 0 radical (unpaired) electrons. The zero-order chi connectivity index (χ0) is 20.3. The Bertz CT molecular complexity index is 993. The maximum Gasteiger partial charge on any atom is 0.261 e. The lowest BCUT2D eigenvalue weighted by atomic mass is 10.0. The van der Waals surface area contributed by atoms with E-state index < -0.39 is 23.9 Å².